The van der Waals surface area contributed by atoms with Crippen LogP contribution in [0.2, 0.25) is 0 Å². The average molecular weight is 412 g/mol. The van der Waals surface area contributed by atoms with Crippen molar-refractivity contribution in [3.63, 3.8) is 0 Å². The van der Waals surface area contributed by atoms with Crippen LogP contribution in [0.1, 0.15) is 51.0 Å². The van der Waals surface area contributed by atoms with Gasteiger partial charge >= 0.3 is 6.03 Å². The number of ether oxygens (including phenoxy) is 1. The molecule has 1 saturated heterocycles. The Morgan fingerprint density at radius 2 is 1.90 bits per heavy atom. The average Bonchev–Trinajstić information content (AvgIpc) is 2.96. The highest BCUT2D eigenvalue weighted by molar-refractivity contribution is 6.08. The Morgan fingerprint density at radius 3 is 2.50 bits per heavy atom. The third-order valence-corrected chi connectivity index (χ3v) is 6.02. The van der Waals surface area contributed by atoms with Gasteiger partial charge in [0.1, 0.15) is 23.4 Å². The second-order valence-corrected chi connectivity index (χ2v) is 8.30. The minimum atomic E-state index is -1.07. The third-order valence-electron chi connectivity index (χ3n) is 6.02. The zero-order valence-corrected chi connectivity index (χ0v) is 17.5. The van der Waals surface area contributed by atoms with Crippen LogP contribution < -0.4 is 15.4 Å². The maximum Gasteiger partial charge on any atom is 0.325 e. The topological polar surface area (TPSA) is 112 Å². The fourth-order valence-corrected chi connectivity index (χ4v) is 4.12. The molecule has 1 saturated carbocycles. The summed E-state index contributed by atoms with van der Waals surface area (Å²) in [4.78, 5) is 38.8. The van der Waals surface area contributed by atoms with Crippen molar-refractivity contribution >= 4 is 17.8 Å². The van der Waals surface area contributed by atoms with Crippen molar-refractivity contribution in [2.75, 3.05) is 13.7 Å². The van der Waals surface area contributed by atoms with E-state index in [1.807, 2.05) is 24.3 Å². The number of amides is 4. The number of hydrogen-bond acceptors (Lipinski definition) is 5. The fourth-order valence-electron chi connectivity index (χ4n) is 4.12. The minimum absolute atomic E-state index is 0.383. The number of methoxy groups -OCH3 is 1. The molecular weight excluding hydrogens is 384 g/mol. The van der Waals surface area contributed by atoms with Crippen LogP contribution in [-0.4, -0.2) is 47.5 Å². The lowest BCUT2D eigenvalue weighted by atomic mass is 9.83. The fraction of sp³-hybridized carbons (Fsp3) is 0.545. The summed E-state index contributed by atoms with van der Waals surface area (Å²) in [5.74, 6) is -0.160. The number of imide groups is 1. The van der Waals surface area contributed by atoms with Gasteiger partial charge in [-0.15, -0.1) is 0 Å². The van der Waals surface area contributed by atoms with E-state index in [0.29, 0.717) is 25.7 Å². The van der Waals surface area contributed by atoms with Crippen LogP contribution in [0.3, 0.4) is 0 Å². The van der Waals surface area contributed by atoms with Crippen LogP contribution in [0.4, 0.5) is 4.79 Å². The van der Waals surface area contributed by atoms with Crippen molar-refractivity contribution < 1.29 is 19.1 Å². The molecule has 2 fully saturated rings. The van der Waals surface area contributed by atoms with Gasteiger partial charge in [-0.2, -0.15) is 5.26 Å². The SMILES string of the molecule is COc1ccc(CC[C@@]2(C)NC(=O)N(CC(=O)NC3(C#N)CCCCC3)C2=O)cc1. The maximum absolute atomic E-state index is 12.9. The van der Waals surface area contributed by atoms with Crippen molar-refractivity contribution in [1.82, 2.24) is 15.5 Å². The van der Waals surface area contributed by atoms with Crippen LogP contribution in [0.15, 0.2) is 24.3 Å². The Hall–Kier alpha value is -3.08. The molecule has 160 valence electrons. The molecule has 3 rings (SSSR count). The lowest BCUT2D eigenvalue weighted by Gasteiger charge is -2.32. The number of urea groups is 1. The molecule has 0 spiro atoms. The first kappa shape index (κ1) is 21.6. The number of rotatable bonds is 7. The standard InChI is InChI=1S/C22H28N4O4/c1-21(13-10-16-6-8-17(30-2)9-7-16)19(28)26(20(29)25-21)14-18(27)24-22(15-23)11-4-3-5-12-22/h6-9H,3-5,10-14H2,1-2H3,(H,24,27)(H,25,29)/t21-/m1/s1. The van der Waals surface area contributed by atoms with Gasteiger partial charge in [0.2, 0.25) is 5.91 Å². The lowest BCUT2D eigenvalue weighted by molar-refractivity contribution is -0.135. The molecule has 2 N–H and O–H groups in total. The second-order valence-electron chi connectivity index (χ2n) is 8.30. The van der Waals surface area contributed by atoms with Gasteiger partial charge < -0.3 is 15.4 Å². The highest BCUT2D eigenvalue weighted by Gasteiger charge is 2.48. The molecule has 1 aromatic carbocycles. The molecule has 1 aromatic rings. The quantitative estimate of drug-likeness (QED) is 0.668. The molecule has 0 radical (unpaired) electrons. The first-order valence-corrected chi connectivity index (χ1v) is 10.3. The van der Waals surface area contributed by atoms with Gasteiger partial charge in [-0.05, 0) is 50.3 Å². The summed E-state index contributed by atoms with van der Waals surface area (Å²) in [6.45, 7) is 1.29. The molecule has 0 unspecified atom stereocenters. The van der Waals surface area contributed by atoms with Gasteiger partial charge in [0.05, 0.1) is 13.2 Å². The molecule has 4 amide bonds. The van der Waals surface area contributed by atoms with E-state index in [4.69, 9.17) is 4.74 Å². The zero-order valence-electron chi connectivity index (χ0n) is 17.5. The Balaban J connectivity index is 1.60. The van der Waals surface area contributed by atoms with Gasteiger partial charge in [-0.1, -0.05) is 31.4 Å². The maximum atomic E-state index is 12.9. The molecule has 1 atom stereocenters. The monoisotopic (exact) mass is 412 g/mol. The number of nitrogens with zero attached hydrogens (tertiary/aromatic N) is 2. The molecule has 1 aliphatic heterocycles. The van der Waals surface area contributed by atoms with Crippen LogP contribution in [0, 0.1) is 11.3 Å². The van der Waals surface area contributed by atoms with Gasteiger partial charge in [-0.3, -0.25) is 14.5 Å². The summed E-state index contributed by atoms with van der Waals surface area (Å²) in [6.07, 6.45) is 4.97. The number of nitrogens with one attached hydrogen (secondary N) is 2. The van der Waals surface area contributed by atoms with Gasteiger partial charge in [0.25, 0.3) is 5.91 Å². The number of carbonyl (C=O) groups excluding carboxylic acids is 3. The molecule has 2 aliphatic rings. The normalized spacial score (nSPS) is 22.9. The third kappa shape index (κ3) is 4.56. The summed E-state index contributed by atoms with van der Waals surface area (Å²) in [5, 5.41) is 15.0. The lowest BCUT2D eigenvalue weighted by Crippen LogP contribution is -2.52. The first-order valence-electron chi connectivity index (χ1n) is 10.3. The van der Waals surface area contributed by atoms with Crippen molar-refractivity contribution in [2.24, 2.45) is 0 Å². The van der Waals surface area contributed by atoms with E-state index >= 15 is 0 Å². The smallest absolute Gasteiger partial charge is 0.325 e. The van der Waals surface area contributed by atoms with E-state index in [0.717, 1.165) is 35.5 Å². The van der Waals surface area contributed by atoms with Gasteiger partial charge in [0, 0.05) is 0 Å². The van der Waals surface area contributed by atoms with Crippen molar-refractivity contribution in [3.05, 3.63) is 29.8 Å². The molecule has 8 heteroatoms. The summed E-state index contributed by atoms with van der Waals surface area (Å²) in [6, 6.07) is 9.16. The summed E-state index contributed by atoms with van der Waals surface area (Å²) in [7, 11) is 1.60. The molecule has 0 bridgehead atoms. The number of nitriles is 1. The number of benzene rings is 1. The Labute approximate surface area is 176 Å². The van der Waals surface area contributed by atoms with Crippen molar-refractivity contribution in [2.45, 2.75) is 62.9 Å². The van der Waals surface area contributed by atoms with E-state index < -0.39 is 28.9 Å². The molecule has 0 aromatic heterocycles. The van der Waals surface area contributed by atoms with E-state index in [-0.39, 0.29) is 6.54 Å². The molecule has 30 heavy (non-hydrogen) atoms. The Morgan fingerprint density at radius 1 is 1.23 bits per heavy atom. The molecular formula is C22H28N4O4. The minimum Gasteiger partial charge on any atom is -0.497 e. The number of carbonyl (C=O) groups is 3. The summed E-state index contributed by atoms with van der Waals surface area (Å²) in [5.41, 5.74) is -0.954. The Bertz CT molecular complexity index is 855. The van der Waals surface area contributed by atoms with Crippen LogP contribution in [0.5, 0.6) is 5.75 Å². The van der Waals surface area contributed by atoms with Crippen molar-refractivity contribution in [3.8, 4) is 11.8 Å². The number of aryl methyl sites for hydroxylation is 1. The molecule has 1 aliphatic carbocycles. The van der Waals surface area contributed by atoms with Crippen molar-refractivity contribution in [1.29, 1.82) is 5.26 Å². The van der Waals surface area contributed by atoms with Crippen LogP contribution in [-0.2, 0) is 16.0 Å². The number of hydrogen-bond donors (Lipinski definition) is 2. The highest BCUT2D eigenvalue weighted by atomic mass is 16.5. The first-order chi connectivity index (χ1) is 14.3. The van der Waals surface area contributed by atoms with Crippen LogP contribution in [0.25, 0.3) is 0 Å². The second kappa shape index (κ2) is 8.74. The van der Waals surface area contributed by atoms with E-state index in [1.54, 1.807) is 14.0 Å². The highest BCUT2D eigenvalue weighted by Crippen LogP contribution is 2.28. The Kier molecular flexibility index (Phi) is 6.30. The van der Waals surface area contributed by atoms with E-state index in [9.17, 15) is 19.6 Å². The summed E-state index contributed by atoms with van der Waals surface area (Å²) >= 11 is 0. The van der Waals surface area contributed by atoms with Crippen LogP contribution >= 0.6 is 0 Å². The molecule has 8 nitrogen and oxygen atoms in total. The van der Waals surface area contributed by atoms with Gasteiger partial charge in [0.15, 0.2) is 0 Å². The van der Waals surface area contributed by atoms with E-state index in [1.165, 1.54) is 0 Å². The molecule has 1 heterocycles. The zero-order chi connectivity index (χ0) is 21.8. The summed E-state index contributed by atoms with van der Waals surface area (Å²) < 4.78 is 5.14. The van der Waals surface area contributed by atoms with Gasteiger partial charge in [-0.25, -0.2) is 4.79 Å². The predicted molar refractivity (Wildman–Crippen MR) is 110 cm³/mol. The van der Waals surface area contributed by atoms with E-state index in [2.05, 4.69) is 16.7 Å². The largest absolute Gasteiger partial charge is 0.497 e. The predicted octanol–water partition coefficient (Wildman–Crippen LogP) is 2.28.